The van der Waals surface area contributed by atoms with Crippen molar-refractivity contribution in [3.63, 3.8) is 0 Å². The van der Waals surface area contributed by atoms with Crippen molar-refractivity contribution in [3.05, 3.63) is 84.4 Å². The molecule has 0 saturated carbocycles. The number of benzene rings is 2. The predicted molar refractivity (Wildman–Crippen MR) is 130 cm³/mol. The van der Waals surface area contributed by atoms with E-state index in [1.807, 2.05) is 36.4 Å². The maximum Gasteiger partial charge on any atom is 0.310 e. The molecule has 6 atom stereocenters. The standard InChI is InChI=1S/C28H30N2O6/c1-2-15-29(16-18-9-5-3-6-10-18)26(33)24-28-14-13-21(36-28)22(27(34)35)23(28)25(32)30(24)20(17-31)19-11-7-4-8-12-19/h2-12,20-24,31H,1,13-17H2,(H,34,35)/t20-,21-,22+,23+,24-,28+/m1/s1. The number of aliphatic carboxylic acids is 1. The van der Waals surface area contributed by atoms with Crippen molar-refractivity contribution in [1.82, 2.24) is 9.80 Å². The van der Waals surface area contributed by atoms with E-state index in [0.717, 1.165) is 5.56 Å². The summed E-state index contributed by atoms with van der Waals surface area (Å²) in [6.45, 7) is 3.94. The average Bonchev–Trinajstić information content (AvgIpc) is 3.53. The van der Waals surface area contributed by atoms with Gasteiger partial charge in [-0.15, -0.1) is 6.58 Å². The summed E-state index contributed by atoms with van der Waals surface area (Å²) in [7, 11) is 0. The van der Waals surface area contributed by atoms with E-state index < -0.39 is 54.1 Å². The Labute approximate surface area is 209 Å². The Bertz CT molecular complexity index is 1160. The second kappa shape index (κ2) is 9.52. The molecule has 3 saturated heterocycles. The van der Waals surface area contributed by atoms with E-state index in [1.165, 1.54) is 4.90 Å². The van der Waals surface area contributed by atoms with Gasteiger partial charge in [0.1, 0.15) is 11.6 Å². The second-order valence-electron chi connectivity index (χ2n) is 9.74. The van der Waals surface area contributed by atoms with Crippen LogP contribution >= 0.6 is 0 Å². The molecule has 2 aromatic rings. The van der Waals surface area contributed by atoms with Gasteiger partial charge in [-0.1, -0.05) is 66.7 Å². The first-order valence-corrected chi connectivity index (χ1v) is 12.2. The number of carboxylic acids is 1. The van der Waals surface area contributed by atoms with Gasteiger partial charge in [0.05, 0.1) is 30.6 Å². The number of hydrogen-bond acceptors (Lipinski definition) is 5. The molecule has 1 spiro atoms. The molecule has 5 rings (SSSR count). The van der Waals surface area contributed by atoms with Crippen LogP contribution in [0.5, 0.6) is 0 Å². The third-order valence-corrected chi connectivity index (χ3v) is 7.83. The molecule has 3 aliphatic rings. The number of rotatable bonds is 9. The Morgan fingerprint density at radius 1 is 1.17 bits per heavy atom. The van der Waals surface area contributed by atoms with Gasteiger partial charge < -0.3 is 24.7 Å². The van der Waals surface area contributed by atoms with Gasteiger partial charge in [0.2, 0.25) is 11.8 Å². The predicted octanol–water partition coefficient (Wildman–Crippen LogP) is 2.39. The maximum absolute atomic E-state index is 14.3. The van der Waals surface area contributed by atoms with Crippen LogP contribution in [0.3, 0.4) is 0 Å². The minimum absolute atomic E-state index is 0.244. The second-order valence-corrected chi connectivity index (χ2v) is 9.74. The highest BCUT2D eigenvalue weighted by Crippen LogP contribution is 2.59. The molecule has 8 heteroatoms. The van der Waals surface area contributed by atoms with Gasteiger partial charge in [-0.05, 0) is 24.0 Å². The summed E-state index contributed by atoms with van der Waals surface area (Å²) in [6, 6.07) is 16.7. The average molecular weight is 491 g/mol. The van der Waals surface area contributed by atoms with Gasteiger partial charge in [-0.2, -0.15) is 0 Å². The van der Waals surface area contributed by atoms with E-state index in [4.69, 9.17) is 4.74 Å². The first-order valence-electron chi connectivity index (χ1n) is 12.2. The van der Waals surface area contributed by atoms with E-state index in [0.29, 0.717) is 24.9 Å². The molecule has 0 unspecified atom stereocenters. The molecule has 2 N–H and O–H groups in total. The summed E-state index contributed by atoms with van der Waals surface area (Å²) < 4.78 is 6.30. The topological polar surface area (TPSA) is 107 Å². The van der Waals surface area contributed by atoms with E-state index in [1.54, 1.807) is 35.2 Å². The molecule has 0 aliphatic carbocycles. The number of carboxylic acid groups (broad SMARTS) is 1. The molecule has 0 radical (unpaired) electrons. The van der Waals surface area contributed by atoms with Gasteiger partial charge in [-0.3, -0.25) is 14.4 Å². The van der Waals surface area contributed by atoms with Crippen LogP contribution in [-0.2, 0) is 25.7 Å². The van der Waals surface area contributed by atoms with Crippen LogP contribution in [0.15, 0.2) is 73.3 Å². The van der Waals surface area contributed by atoms with Crippen LogP contribution < -0.4 is 0 Å². The summed E-state index contributed by atoms with van der Waals surface area (Å²) in [4.78, 5) is 43.6. The van der Waals surface area contributed by atoms with Crippen molar-refractivity contribution in [2.75, 3.05) is 13.2 Å². The molecule has 2 amide bonds. The lowest BCUT2D eigenvalue weighted by Crippen LogP contribution is -2.57. The fraction of sp³-hybridized carbons (Fsp3) is 0.393. The van der Waals surface area contributed by atoms with E-state index in [2.05, 4.69) is 6.58 Å². The zero-order chi connectivity index (χ0) is 25.4. The summed E-state index contributed by atoms with van der Waals surface area (Å²) in [5, 5.41) is 20.4. The summed E-state index contributed by atoms with van der Waals surface area (Å²) in [5.41, 5.74) is 0.335. The maximum atomic E-state index is 14.3. The highest BCUT2D eigenvalue weighted by molar-refractivity contribution is 5.98. The zero-order valence-corrected chi connectivity index (χ0v) is 19.9. The van der Waals surface area contributed by atoms with Crippen LogP contribution in [0.2, 0.25) is 0 Å². The smallest absolute Gasteiger partial charge is 0.310 e. The fourth-order valence-corrected chi connectivity index (χ4v) is 6.38. The minimum Gasteiger partial charge on any atom is -0.481 e. The molecule has 36 heavy (non-hydrogen) atoms. The van der Waals surface area contributed by atoms with Gasteiger partial charge in [0.15, 0.2) is 0 Å². The highest BCUT2D eigenvalue weighted by atomic mass is 16.5. The van der Waals surface area contributed by atoms with Crippen molar-refractivity contribution >= 4 is 17.8 Å². The van der Waals surface area contributed by atoms with Crippen LogP contribution in [0, 0.1) is 11.8 Å². The number of aliphatic hydroxyl groups excluding tert-OH is 1. The Hall–Kier alpha value is -3.49. The normalized spacial score (nSPS) is 29.1. The zero-order valence-electron chi connectivity index (χ0n) is 19.9. The van der Waals surface area contributed by atoms with Crippen molar-refractivity contribution in [1.29, 1.82) is 0 Å². The largest absolute Gasteiger partial charge is 0.481 e. The van der Waals surface area contributed by atoms with Crippen molar-refractivity contribution < 1.29 is 29.3 Å². The first-order chi connectivity index (χ1) is 17.4. The number of fused-ring (bicyclic) bond motifs is 1. The van der Waals surface area contributed by atoms with E-state index in [9.17, 15) is 24.6 Å². The number of carbonyl (C=O) groups excluding carboxylic acids is 2. The molecule has 8 nitrogen and oxygen atoms in total. The number of hydrogen-bond donors (Lipinski definition) is 2. The van der Waals surface area contributed by atoms with Crippen LogP contribution in [-0.4, -0.2) is 68.7 Å². The summed E-state index contributed by atoms with van der Waals surface area (Å²) in [6.07, 6.45) is 1.89. The molecular weight excluding hydrogens is 460 g/mol. The van der Waals surface area contributed by atoms with Gasteiger partial charge in [0.25, 0.3) is 0 Å². The van der Waals surface area contributed by atoms with Crippen molar-refractivity contribution in [3.8, 4) is 0 Å². The quantitative estimate of drug-likeness (QED) is 0.523. The SMILES string of the molecule is C=CCN(Cc1ccccc1)C(=O)[C@H]1N([C@H](CO)c2ccccc2)C(=O)[C@@H]2[C@@H](C(=O)O)[C@H]3CC[C@]21O3. The molecule has 0 aromatic heterocycles. The molecule has 2 bridgehead atoms. The molecule has 188 valence electrons. The molecule has 3 fully saturated rings. The number of aliphatic hydroxyl groups is 1. The van der Waals surface area contributed by atoms with Gasteiger partial charge in [-0.25, -0.2) is 0 Å². The first kappa shape index (κ1) is 24.2. The van der Waals surface area contributed by atoms with E-state index in [-0.39, 0.29) is 12.5 Å². The van der Waals surface area contributed by atoms with E-state index >= 15 is 0 Å². The van der Waals surface area contributed by atoms with Crippen LogP contribution in [0.1, 0.15) is 30.0 Å². The summed E-state index contributed by atoms with van der Waals surface area (Å²) >= 11 is 0. The monoisotopic (exact) mass is 490 g/mol. The third-order valence-electron chi connectivity index (χ3n) is 7.83. The number of carbonyl (C=O) groups is 3. The number of amides is 2. The molecule has 3 aliphatic heterocycles. The van der Waals surface area contributed by atoms with Gasteiger partial charge in [0, 0.05) is 13.1 Å². The number of ether oxygens (including phenoxy) is 1. The molecule has 3 heterocycles. The fourth-order valence-electron chi connectivity index (χ4n) is 6.38. The Kier molecular flexibility index (Phi) is 6.40. The number of likely N-dealkylation sites (tertiary alicyclic amines) is 1. The van der Waals surface area contributed by atoms with Crippen LogP contribution in [0.4, 0.5) is 0 Å². The Morgan fingerprint density at radius 3 is 2.44 bits per heavy atom. The minimum atomic E-state index is -1.25. The van der Waals surface area contributed by atoms with Crippen molar-refractivity contribution in [2.24, 2.45) is 11.8 Å². The highest BCUT2D eigenvalue weighted by Gasteiger charge is 2.75. The summed E-state index contributed by atoms with van der Waals surface area (Å²) in [5.74, 6) is -3.90. The lowest BCUT2D eigenvalue weighted by Gasteiger charge is -2.39. The van der Waals surface area contributed by atoms with Crippen LogP contribution in [0.25, 0.3) is 0 Å². The molecule has 2 aromatic carbocycles. The third kappa shape index (κ3) is 3.72. The number of nitrogens with zero attached hydrogens (tertiary/aromatic N) is 2. The van der Waals surface area contributed by atoms with Crippen molar-refractivity contribution in [2.45, 2.75) is 43.2 Å². The lowest BCUT2D eigenvalue weighted by atomic mass is 9.70. The lowest BCUT2D eigenvalue weighted by molar-refractivity contribution is -0.153. The molecular formula is C28H30N2O6. The Morgan fingerprint density at radius 2 is 1.83 bits per heavy atom. The van der Waals surface area contributed by atoms with Gasteiger partial charge >= 0.3 is 5.97 Å². The Balaban J connectivity index is 1.60.